The van der Waals surface area contributed by atoms with Crippen LogP contribution in [0.4, 0.5) is 0 Å². The van der Waals surface area contributed by atoms with E-state index < -0.39 is 0 Å². The number of Topliss-reactive ketones (excluding diaryl/α,β-unsaturated/α-hetero) is 1. The Kier molecular flexibility index (Phi) is 3.44. The largest absolute Gasteiger partial charge is 0.292 e. The van der Waals surface area contributed by atoms with Crippen LogP contribution in [-0.2, 0) is 6.42 Å². The molecule has 2 heterocycles. The van der Waals surface area contributed by atoms with Crippen molar-refractivity contribution in [3.8, 4) is 0 Å². The van der Waals surface area contributed by atoms with Crippen LogP contribution in [0.1, 0.15) is 16.2 Å². The molecule has 3 nitrogen and oxygen atoms in total. The van der Waals surface area contributed by atoms with Gasteiger partial charge in [-0.15, -0.1) is 0 Å². The van der Waals surface area contributed by atoms with Gasteiger partial charge in [0.1, 0.15) is 5.69 Å². The Morgan fingerprint density at radius 3 is 2.70 bits per heavy atom. The van der Waals surface area contributed by atoms with Crippen LogP contribution >= 0.6 is 11.6 Å². The predicted octanol–water partition coefficient (Wildman–Crippen LogP) is 3.71. The first-order chi connectivity index (χ1) is 9.72. The monoisotopic (exact) mass is 282 g/mol. The third-order valence-corrected chi connectivity index (χ3v) is 3.23. The maximum atomic E-state index is 12.1. The fourth-order valence-corrected chi connectivity index (χ4v) is 2.11. The maximum Gasteiger partial charge on any atom is 0.187 e. The first-order valence-electron chi connectivity index (χ1n) is 6.22. The normalized spacial score (nSPS) is 10.7. The van der Waals surface area contributed by atoms with Gasteiger partial charge in [-0.2, -0.15) is 0 Å². The molecule has 0 fully saturated rings. The summed E-state index contributed by atoms with van der Waals surface area (Å²) in [6, 6.07) is 15.0. The number of carbonyl (C=O) groups excluding carboxylic acids is 1. The van der Waals surface area contributed by atoms with Crippen molar-refractivity contribution < 1.29 is 4.79 Å². The van der Waals surface area contributed by atoms with E-state index in [1.807, 2.05) is 36.4 Å². The van der Waals surface area contributed by atoms with Gasteiger partial charge >= 0.3 is 0 Å². The highest BCUT2D eigenvalue weighted by molar-refractivity contribution is 6.30. The molecule has 1 aromatic carbocycles. The van der Waals surface area contributed by atoms with E-state index >= 15 is 0 Å². The number of rotatable bonds is 3. The first kappa shape index (κ1) is 12.8. The molecular formula is C16H11ClN2O. The van der Waals surface area contributed by atoms with Crippen molar-refractivity contribution in [2.75, 3.05) is 0 Å². The molecule has 0 bridgehead atoms. The van der Waals surface area contributed by atoms with Gasteiger partial charge in [-0.25, -0.2) is 0 Å². The van der Waals surface area contributed by atoms with Crippen LogP contribution in [0.25, 0.3) is 10.9 Å². The zero-order chi connectivity index (χ0) is 13.9. The molecule has 0 aliphatic rings. The quantitative estimate of drug-likeness (QED) is 0.688. The summed E-state index contributed by atoms with van der Waals surface area (Å²) in [7, 11) is 0. The zero-order valence-electron chi connectivity index (χ0n) is 10.6. The van der Waals surface area contributed by atoms with E-state index in [0.717, 1.165) is 16.6 Å². The number of benzene rings is 1. The molecule has 0 aliphatic carbocycles. The summed E-state index contributed by atoms with van der Waals surface area (Å²) in [5, 5.41) is 1.58. The molecule has 98 valence electrons. The van der Waals surface area contributed by atoms with Crippen LogP contribution in [-0.4, -0.2) is 15.8 Å². The molecule has 20 heavy (non-hydrogen) atoms. The second-order valence-electron chi connectivity index (χ2n) is 4.46. The molecule has 0 unspecified atom stereocenters. The van der Waals surface area contributed by atoms with Crippen LogP contribution in [0, 0.1) is 0 Å². The highest BCUT2D eigenvalue weighted by Crippen LogP contribution is 2.13. The lowest BCUT2D eigenvalue weighted by atomic mass is 10.1. The lowest BCUT2D eigenvalue weighted by Gasteiger charge is -2.02. The standard InChI is InChI=1S/C16H11ClN2O/c17-12-6-8-15(18-10-12)16(20)9-13-7-5-11-3-1-2-4-14(11)19-13/h1-8,10H,9H2. The Morgan fingerprint density at radius 2 is 1.90 bits per heavy atom. The molecule has 0 radical (unpaired) electrons. The molecular weight excluding hydrogens is 272 g/mol. The van der Waals surface area contributed by atoms with Crippen molar-refractivity contribution in [1.82, 2.24) is 9.97 Å². The van der Waals surface area contributed by atoms with Gasteiger partial charge in [0.15, 0.2) is 5.78 Å². The average Bonchev–Trinajstić information content (AvgIpc) is 2.48. The Labute approximate surface area is 121 Å². The molecule has 0 amide bonds. The van der Waals surface area contributed by atoms with Gasteiger partial charge in [0.2, 0.25) is 0 Å². The number of nitrogens with zero attached hydrogens (tertiary/aromatic N) is 2. The SMILES string of the molecule is O=C(Cc1ccc2ccccc2n1)c1ccc(Cl)cn1. The molecule has 3 rings (SSSR count). The summed E-state index contributed by atoms with van der Waals surface area (Å²) in [5.41, 5.74) is 2.04. The highest BCUT2D eigenvalue weighted by atomic mass is 35.5. The van der Waals surface area contributed by atoms with Crippen molar-refractivity contribution in [2.24, 2.45) is 0 Å². The van der Waals surface area contributed by atoms with Crippen molar-refractivity contribution in [1.29, 1.82) is 0 Å². The molecule has 3 aromatic rings. The van der Waals surface area contributed by atoms with Gasteiger partial charge in [-0.05, 0) is 24.3 Å². The average molecular weight is 283 g/mol. The van der Waals surface area contributed by atoms with Crippen LogP contribution in [0.5, 0.6) is 0 Å². The molecule has 0 saturated heterocycles. The van der Waals surface area contributed by atoms with Crippen LogP contribution in [0.2, 0.25) is 5.02 Å². The molecule has 0 atom stereocenters. The smallest absolute Gasteiger partial charge is 0.187 e. The fraction of sp³-hybridized carbons (Fsp3) is 0.0625. The lowest BCUT2D eigenvalue weighted by molar-refractivity contribution is 0.0987. The Balaban J connectivity index is 1.85. The summed E-state index contributed by atoms with van der Waals surface area (Å²) in [6.07, 6.45) is 1.71. The molecule has 0 saturated carbocycles. The summed E-state index contributed by atoms with van der Waals surface area (Å²) >= 11 is 5.76. The number of fused-ring (bicyclic) bond motifs is 1. The van der Waals surface area contributed by atoms with Gasteiger partial charge < -0.3 is 0 Å². The fourth-order valence-electron chi connectivity index (χ4n) is 2.00. The number of ketones is 1. The Morgan fingerprint density at radius 1 is 1.05 bits per heavy atom. The van der Waals surface area contributed by atoms with Gasteiger partial charge in [-0.1, -0.05) is 35.9 Å². The molecule has 2 aromatic heterocycles. The second kappa shape index (κ2) is 5.39. The second-order valence-corrected chi connectivity index (χ2v) is 4.89. The summed E-state index contributed by atoms with van der Waals surface area (Å²) in [5.74, 6) is -0.0653. The van der Waals surface area contributed by atoms with Gasteiger partial charge in [0, 0.05) is 17.3 Å². The van der Waals surface area contributed by atoms with E-state index in [9.17, 15) is 4.79 Å². The van der Waals surface area contributed by atoms with E-state index in [1.165, 1.54) is 6.20 Å². The van der Waals surface area contributed by atoms with Crippen LogP contribution in [0.15, 0.2) is 54.7 Å². The van der Waals surface area contributed by atoms with Crippen molar-refractivity contribution in [3.63, 3.8) is 0 Å². The minimum absolute atomic E-state index is 0.0653. The summed E-state index contributed by atoms with van der Waals surface area (Å²) in [6.45, 7) is 0. The van der Waals surface area contributed by atoms with Crippen molar-refractivity contribution in [3.05, 3.63) is 71.1 Å². The summed E-state index contributed by atoms with van der Waals surface area (Å²) in [4.78, 5) is 20.6. The van der Waals surface area contributed by atoms with Crippen molar-refractivity contribution >= 4 is 28.3 Å². The van der Waals surface area contributed by atoms with E-state index in [0.29, 0.717) is 10.7 Å². The topological polar surface area (TPSA) is 42.9 Å². The minimum Gasteiger partial charge on any atom is -0.292 e. The molecule has 4 heteroatoms. The number of carbonyl (C=O) groups is 1. The number of hydrogen-bond donors (Lipinski definition) is 0. The van der Waals surface area contributed by atoms with Crippen LogP contribution in [0.3, 0.4) is 0 Å². The third kappa shape index (κ3) is 2.68. The lowest BCUT2D eigenvalue weighted by Crippen LogP contribution is -2.07. The zero-order valence-corrected chi connectivity index (χ0v) is 11.3. The summed E-state index contributed by atoms with van der Waals surface area (Å²) < 4.78 is 0. The van der Waals surface area contributed by atoms with E-state index in [1.54, 1.807) is 12.1 Å². The number of aromatic nitrogens is 2. The number of pyridine rings is 2. The third-order valence-electron chi connectivity index (χ3n) is 3.01. The van der Waals surface area contributed by atoms with Crippen LogP contribution < -0.4 is 0 Å². The predicted molar refractivity (Wildman–Crippen MR) is 79.0 cm³/mol. The number of hydrogen-bond acceptors (Lipinski definition) is 3. The van der Waals surface area contributed by atoms with Crippen molar-refractivity contribution in [2.45, 2.75) is 6.42 Å². The Hall–Kier alpha value is -2.26. The van der Waals surface area contributed by atoms with E-state index in [2.05, 4.69) is 9.97 Å². The van der Waals surface area contributed by atoms with Gasteiger partial charge in [-0.3, -0.25) is 14.8 Å². The molecule has 0 aliphatic heterocycles. The van der Waals surface area contributed by atoms with Gasteiger partial charge in [0.05, 0.1) is 17.0 Å². The maximum absolute atomic E-state index is 12.1. The van der Waals surface area contributed by atoms with E-state index in [-0.39, 0.29) is 12.2 Å². The highest BCUT2D eigenvalue weighted by Gasteiger charge is 2.09. The van der Waals surface area contributed by atoms with E-state index in [4.69, 9.17) is 11.6 Å². The Bertz CT molecular complexity index is 769. The number of para-hydroxylation sites is 1. The molecule has 0 spiro atoms. The number of halogens is 1. The minimum atomic E-state index is -0.0653. The molecule has 0 N–H and O–H groups in total. The first-order valence-corrected chi connectivity index (χ1v) is 6.59. The van der Waals surface area contributed by atoms with Gasteiger partial charge in [0.25, 0.3) is 0 Å².